The number of nitrogens with zero attached hydrogens (tertiary/aromatic N) is 2. The molecule has 160 valence electrons. The molecule has 2 fully saturated rings. The van der Waals surface area contributed by atoms with Crippen LogP contribution in [-0.2, 0) is 9.53 Å². The fraction of sp³-hybridized carbons (Fsp3) is 0.619. The average Bonchev–Trinajstić information content (AvgIpc) is 3.24. The number of carbonyl (C=O) groups is 2. The summed E-state index contributed by atoms with van der Waals surface area (Å²) < 4.78 is 19.6. The van der Waals surface area contributed by atoms with Crippen LogP contribution in [0.2, 0.25) is 5.02 Å². The van der Waals surface area contributed by atoms with E-state index in [1.165, 1.54) is 6.07 Å². The van der Waals surface area contributed by atoms with Gasteiger partial charge in [-0.15, -0.1) is 0 Å². The Morgan fingerprint density at radius 3 is 2.72 bits per heavy atom. The summed E-state index contributed by atoms with van der Waals surface area (Å²) in [4.78, 5) is 28.5. The van der Waals surface area contributed by atoms with Crippen molar-refractivity contribution < 1.29 is 18.7 Å². The summed E-state index contributed by atoms with van der Waals surface area (Å²) in [6.07, 6.45) is 3.20. The van der Waals surface area contributed by atoms with E-state index in [9.17, 15) is 14.0 Å². The van der Waals surface area contributed by atoms with E-state index >= 15 is 0 Å². The van der Waals surface area contributed by atoms with E-state index in [0.717, 1.165) is 38.8 Å². The highest BCUT2D eigenvalue weighted by Crippen LogP contribution is 2.32. The first-order valence-corrected chi connectivity index (χ1v) is 10.8. The molecule has 2 heterocycles. The van der Waals surface area contributed by atoms with Gasteiger partial charge < -0.3 is 15.0 Å². The Bertz CT molecular complexity index is 707. The van der Waals surface area contributed by atoms with Crippen LogP contribution in [0.1, 0.15) is 44.2 Å². The van der Waals surface area contributed by atoms with Gasteiger partial charge in [0.2, 0.25) is 5.91 Å². The molecule has 0 saturated carbocycles. The van der Waals surface area contributed by atoms with Gasteiger partial charge in [-0.25, -0.2) is 9.18 Å². The van der Waals surface area contributed by atoms with Gasteiger partial charge in [-0.1, -0.05) is 17.7 Å². The lowest BCUT2D eigenvalue weighted by Gasteiger charge is -2.33. The van der Waals surface area contributed by atoms with Gasteiger partial charge in [0, 0.05) is 30.2 Å². The topological polar surface area (TPSA) is 61.9 Å². The third-order valence-electron chi connectivity index (χ3n) is 5.70. The second-order valence-corrected chi connectivity index (χ2v) is 8.03. The lowest BCUT2D eigenvalue weighted by molar-refractivity contribution is -0.126. The first kappa shape index (κ1) is 21.8. The van der Waals surface area contributed by atoms with E-state index in [1.54, 1.807) is 24.0 Å². The molecule has 8 heteroatoms. The SMILES string of the molecule is CCOC(=O)N1CCCC(C(=O)NCC(c2c(F)cccc2Cl)N2CCCC2)C1. The lowest BCUT2D eigenvalue weighted by atomic mass is 9.97. The van der Waals surface area contributed by atoms with Crippen molar-refractivity contribution in [2.45, 2.75) is 38.6 Å². The van der Waals surface area contributed by atoms with Crippen LogP contribution in [0.25, 0.3) is 0 Å². The monoisotopic (exact) mass is 425 g/mol. The van der Waals surface area contributed by atoms with Gasteiger partial charge in [0.15, 0.2) is 0 Å². The fourth-order valence-electron chi connectivity index (χ4n) is 4.21. The summed E-state index contributed by atoms with van der Waals surface area (Å²) in [5.41, 5.74) is 0.438. The standard InChI is InChI=1S/C21H29ClFN3O3/c1-2-29-21(28)26-12-6-7-15(14-26)20(27)24-13-18(25-10-3-4-11-25)19-16(22)8-5-9-17(19)23/h5,8-9,15,18H,2-4,6-7,10-14H2,1H3,(H,24,27). The molecule has 6 nitrogen and oxygen atoms in total. The summed E-state index contributed by atoms with van der Waals surface area (Å²) in [5, 5.41) is 3.37. The van der Waals surface area contributed by atoms with E-state index < -0.39 is 0 Å². The molecule has 1 aromatic carbocycles. The van der Waals surface area contributed by atoms with Gasteiger partial charge in [-0.05, 0) is 57.8 Å². The zero-order valence-corrected chi connectivity index (χ0v) is 17.6. The van der Waals surface area contributed by atoms with Gasteiger partial charge in [0.05, 0.1) is 18.6 Å². The number of halogens is 2. The Kier molecular flexibility index (Phi) is 7.72. The van der Waals surface area contributed by atoms with Crippen LogP contribution in [0.3, 0.4) is 0 Å². The molecule has 1 aromatic rings. The highest BCUT2D eigenvalue weighted by atomic mass is 35.5. The molecule has 0 aromatic heterocycles. The summed E-state index contributed by atoms with van der Waals surface area (Å²) >= 11 is 6.31. The molecule has 0 radical (unpaired) electrons. The van der Waals surface area contributed by atoms with Crippen molar-refractivity contribution in [3.05, 3.63) is 34.6 Å². The van der Waals surface area contributed by atoms with Crippen molar-refractivity contribution in [3.8, 4) is 0 Å². The maximum absolute atomic E-state index is 14.6. The maximum atomic E-state index is 14.6. The molecule has 1 N–H and O–H groups in total. The number of amides is 2. The smallest absolute Gasteiger partial charge is 0.409 e. The van der Waals surface area contributed by atoms with Gasteiger partial charge in [0.1, 0.15) is 5.82 Å². The van der Waals surface area contributed by atoms with E-state index in [-0.39, 0.29) is 36.3 Å². The zero-order valence-electron chi connectivity index (χ0n) is 16.8. The van der Waals surface area contributed by atoms with Crippen LogP contribution >= 0.6 is 11.6 Å². The number of hydrogen-bond acceptors (Lipinski definition) is 4. The van der Waals surface area contributed by atoms with Gasteiger partial charge >= 0.3 is 6.09 Å². The van der Waals surface area contributed by atoms with Gasteiger partial charge in [-0.2, -0.15) is 0 Å². The molecule has 0 aliphatic carbocycles. The summed E-state index contributed by atoms with van der Waals surface area (Å²) in [6, 6.07) is 4.38. The largest absolute Gasteiger partial charge is 0.450 e. The van der Waals surface area contributed by atoms with Crippen LogP contribution < -0.4 is 5.32 Å². The number of hydrogen-bond donors (Lipinski definition) is 1. The normalized spacial score (nSPS) is 21.1. The predicted molar refractivity (Wildman–Crippen MR) is 109 cm³/mol. The highest BCUT2D eigenvalue weighted by Gasteiger charge is 2.32. The number of benzene rings is 1. The quantitative estimate of drug-likeness (QED) is 0.756. The number of carbonyl (C=O) groups excluding carboxylic acids is 2. The van der Waals surface area contributed by atoms with Crippen LogP contribution in [0.5, 0.6) is 0 Å². The number of rotatable bonds is 6. The third-order valence-corrected chi connectivity index (χ3v) is 6.03. The minimum atomic E-state index is -0.377. The number of nitrogens with one attached hydrogen (secondary N) is 1. The Hall–Kier alpha value is -1.86. The molecule has 29 heavy (non-hydrogen) atoms. The number of likely N-dealkylation sites (tertiary alicyclic amines) is 2. The molecule has 2 aliphatic rings. The van der Waals surface area contributed by atoms with Crippen molar-refractivity contribution in [3.63, 3.8) is 0 Å². The van der Waals surface area contributed by atoms with Gasteiger partial charge in [0.25, 0.3) is 0 Å². The Balaban J connectivity index is 1.66. The predicted octanol–water partition coefficient (Wildman–Crippen LogP) is 3.60. The van der Waals surface area contributed by atoms with E-state index in [2.05, 4.69) is 10.2 Å². The van der Waals surface area contributed by atoms with E-state index in [0.29, 0.717) is 30.3 Å². The molecule has 2 aliphatic heterocycles. The summed E-state index contributed by atoms with van der Waals surface area (Å²) in [7, 11) is 0. The molecular weight excluding hydrogens is 397 g/mol. The van der Waals surface area contributed by atoms with Crippen molar-refractivity contribution >= 4 is 23.6 Å². The molecule has 2 amide bonds. The second kappa shape index (κ2) is 10.3. The number of piperidine rings is 1. The molecular formula is C21H29ClFN3O3. The Morgan fingerprint density at radius 2 is 2.03 bits per heavy atom. The summed E-state index contributed by atoms with van der Waals surface area (Å²) in [5.74, 6) is -0.756. The molecule has 2 atom stereocenters. The molecule has 2 unspecified atom stereocenters. The maximum Gasteiger partial charge on any atom is 0.409 e. The van der Waals surface area contributed by atoms with Crippen LogP contribution in [-0.4, -0.2) is 61.1 Å². The van der Waals surface area contributed by atoms with Crippen LogP contribution in [0, 0.1) is 11.7 Å². The minimum Gasteiger partial charge on any atom is -0.450 e. The minimum absolute atomic E-state index is 0.115. The van der Waals surface area contributed by atoms with Crippen LogP contribution in [0.15, 0.2) is 18.2 Å². The first-order chi connectivity index (χ1) is 14.0. The zero-order chi connectivity index (χ0) is 20.8. The van der Waals surface area contributed by atoms with Crippen molar-refractivity contribution in [2.75, 3.05) is 39.3 Å². The summed E-state index contributed by atoms with van der Waals surface area (Å²) in [6.45, 7) is 5.01. The lowest BCUT2D eigenvalue weighted by Crippen LogP contribution is -2.47. The Morgan fingerprint density at radius 1 is 1.28 bits per heavy atom. The molecule has 0 bridgehead atoms. The molecule has 0 spiro atoms. The average molecular weight is 426 g/mol. The first-order valence-electron chi connectivity index (χ1n) is 10.4. The van der Waals surface area contributed by atoms with Gasteiger partial charge in [-0.3, -0.25) is 9.69 Å². The highest BCUT2D eigenvalue weighted by molar-refractivity contribution is 6.31. The van der Waals surface area contributed by atoms with E-state index in [4.69, 9.17) is 16.3 Å². The van der Waals surface area contributed by atoms with Crippen molar-refractivity contribution in [1.29, 1.82) is 0 Å². The fourth-order valence-corrected chi connectivity index (χ4v) is 4.50. The molecule has 2 saturated heterocycles. The molecule has 3 rings (SSSR count). The third kappa shape index (κ3) is 5.39. The number of ether oxygens (including phenoxy) is 1. The second-order valence-electron chi connectivity index (χ2n) is 7.62. The van der Waals surface area contributed by atoms with Crippen LogP contribution in [0.4, 0.5) is 9.18 Å². The Labute approximate surface area is 176 Å². The van der Waals surface area contributed by atoms with Crippen molar-refractivity contribution in [2.24, 2.45) is 5.92 Å². The van der Waals surface area contributed by atoms with E-state index in [1.807, 2.05) is 0 Å². The van der Waals surface area contributed by atoms with Crippen molar-refractivity contribution in [1.82, 2.24) is 15.1 Å².